The van der Waals surface area contributed by atoms with Crippen molar-refractivity contribution in [2.45, 2.75) is 63.6 Å². The first kappa shape index (κ1) is 19.0. The van der Waals surface area contributed by atoms with Gasteiger partial charge in [-0.25, -0.2) is 4.57 Å². The van der Waals surface area contributed by atoms with E-state index >= 15 is 0 Å². The minimum absolute atomic E-state index is 0.539. The predicted octanol–water partition coefficient (Wildman–Crippen LogP) is 4.46. The van der Waals surface area contributed by atoms with E-state index in [1.807, 2.05) is 17.7 Å². The van der Waals surface area contributed by atoms with E-state index in [2.05, 4.69) is 59.2 Å². The second kappa shape index (κ2) is 8.04. The van der Waals surface area contributed by atoms with E-state index in [1.54, 1.807) is 10.4 Å². The van der Waals surface area contributed by atoms with Gasteiger partial charge in [-0.2, -0.15) is 0 Å². The number of anilines is 1. The van der Waals surface area contributed by atoms with Crippen molar-refractivity contribution in [3.63, 3.8) is 0 Å². The van der Waals surface area contributed by atoms with Gasteiger partial charge in [-0.1, -0.05) is 41.7 Å². The maximum Gasteiger partial charge on any atom is 0.289 e. The largest absolute Gasteiger partial charge is 0.346 e. The minimum Gasteiger partial charge on any atom is -0.346 e. The first-order valence-electron chi connectivity index (χ1n) is 11.0. The third-order valence-electron chi connectivity index (χ3n) is 6.76. The molecule has 1 saturated carbocycles. The molecule has 1 aromatic carbocycles. The van der Waals surface area contributed by atoms with Gasteiger partial charge in [-0.15, -0.1) is 0 Å². The zero-order chi connectivity index (χ0) is 19.8. The summed E-state index contributed by atoms with van der Waals surface area (Å²) in [5.41, 5.74) is 2.97. The molecule has 0 saturated heterocycles. The number of fused-ring (bicyclic) bond motifs is 3. The number of nitrogens with zero attached hydrogens (tertiary/aromatic N) is 3. The molecule has 0 amide bonds. The van der Waals surface area contributed by atoms with Crippen molar-refractivity contribution in [1.29, 1.82) is 0 Å². The second-order valence-electron chi connectivity index (χ2n) is 8.79. The van der Waals surface area contributed by atoms with Crippen molar-refractivity contribution < 1.29 is 4.57 Å². The van der Waals surface area contributed by atoms with Crippen molar-refractivity contribution in [3.8, 4) is 0 Å². The van der Waals surface area contributed by atoms with Crippen LogP contribution in [0.5, 0.6) is 0 Å². The van der Waals surface area contributed by atoms with Crippen molar-refractivity contribution in [1.82, 2.24) is 9.88 Å². The molecule has 5 heteroatoms. The van der Waals surface area contributed by atoms with Gasteiger partial charge in [0.05, 0.1) is 7.05 Å². The van der Waals surface area contributed by atoms with E-state index in [0.717, 1.165) is 12.4 Å². The molecule has 0 radical (unpaired) electrons. The maximum absolute atomic E-state index is 4.81. The van der Waals surface area contributed by atoms with Crippen LogP contribution >= 0.6 is 11.3 Å². The third-order valence-corrected chi connectivity index (χ3v) is 8.14. The quantitative estimate of drug-likeness (QED) is 0.634. The molecule has 0 bridgehead atoms. The van der Waals surface area contributed by atoms with Gasteiger partial charge in [0.15, 0.2) is 4.83 Å². The van der Waals surface area contributed by atoms with E-state index in [1.165, 1.54) is 60.7 Å². The van der Waals surface area contributed by atoms with Crippen LogP contribution in [0.15, 0.2) is 36.7 Å². The molecule has 4 nitrogen and oxygen atoms in total. The lowest BCUT2D eigenvalue weighted by molar-refractivity contribution is -0.645. The summed E-state index contributed by atoms with van der Waals surface area (Å²) in [7, 11) is 4.40. The van der Waals surface area contributed by atoms with E-state index in [9.17, 15) is 0 Å². The highest BCUT2D eigenvalue weighted by Crippen LogP contribution is 2.39. The van der Waals surface area contributed by atoms with Gasteiger partial charge < -0.3 is 5.32 Å². The molecule has 3 aromatic rings. The fraction of sp³-hybridized carbons (Fsp3) is 0.500. The van der Waals surface area contributed by atoms with Gasteiger partial charge in [0.1, 0.15) is 5.39 Å². The molecule has 152 valence electrons. The molecule has 2 heterocycles. The van der Waals surface area contributed by atoms with Crippen LogP contribution < -0.4 is 9.88 Å². The van der Waals surface area contributed by atoms with Gasteiger partial charge >= 0.3 is 0 Å². The Bertz CT molecular complexity index is 989. The first-order valence-corrected chi connectivity index (χ1v) is 11.8. The lowest BCUT2D eigenvalue weighted by Gasteiger charge is -2.35. The van der Waals surface area contributed by atoms with Crippen LogP contribution in [0.2, 0.25) is 0 Å². The molecule has 2 aliphatic rings. The van der Waals surface area contributed by atoms with E-state index in [0.29, 0.717) is 12.1 Å². The molecule has 0 unspecified atom stereocenters. The Hall–Kier alpha value is -1.98. The molecule has 5 rings (SSSR count). The number of benzene rings is 1. The smallest absolute Gasteiger partial charge is 0.289 e. The first-order chi connectivity index (χ1) is 14.2. The summed E-state index contributed by atoms with van der Waals surface area (Å²) in [6, 6.07) is 12.1. The average Bonchev–Trinajstić information content (AvgIpc) is 3.33. The molecular weight excluding hydrogens is 376 g/mol. The number of aromatic nitrogens is 2. The van der Waals surface area contributed by atoms with Crippen molar-refractivity contribution in [2.24, 2.45) is 7.05 Å². The highest BCUT2D eigenvalue weighted by Gasteiger charge is 2.29. The average molecular weight is 408 g/mol. The van der Waals surface area contributed by atoms with E-state index in [-0.39, 0.29) is 0 Å². The number of nitrogens with one attached hydrogen (secondary N) is 1. The minimum atomic E-state index is 0.539. The zero-order valence-corrected chi connectivity index (χ0v) is 18.3. The van der Waals surface area contributed by atoms with Crippen molar-refractivity contribution in [2.75, 3.05) is 12.4 Å². The SMILES string of the molecule is CN(Cc1ccccc1)C1CCC(Nc2nc[n+](C)c3sc4c(c23)CCC4)CC1. The molecule has 29 heavy (non-hydrogen) atoms. The Balaban J connectivity index is 1.25. The number of hydrogen-bond donors (Lipinski definition) is 1. The number of hydrogen-bond acceptors (Lipinski definition) is 4. The third kappa shape index (κ3) is 3.78. The standard InChI is InChI=1S/C24H30N4S/c1-27(15-17-7-4-3-5-8-17)19-13-11-18(12-14-19)26-23-22-20-9-6-10-21(20)29-24(22)28(2)16-25-23/h3-5,7-8,16,18-19H,6,9-15H2,1-2H3/p+1. The van der Waals surface area contributed by atoms with Crippen LogP contribution in [0.1, 0.15) is 48.1 Å². The van der Waals surface area contributed by atoms with Gasteiger partial charge in [-0.05, 0) is 68.1 Å². The molecule has 0 aliphatic heterocycles. The molecule has 0 spiro atoms. The zero-order valence-electron chi connectivity index (χ0n) is 17.5. The summed E-state index contributed by atoms with van der Waals surface area (Å²) >= 11 is 1.97. The molecule has 2 aromatic heterocycles. The van der Waals surface area contributed by atoms with Gasteiger partial charge in [0.25, 0.3) is 12.1 Å². The Kier molecular flexibility index (Phi) is 5.27. The van der Waals surface area contributed by atoms with Crippen LogP contribution in [0, 0.1) is 0 Å². The van der Waals surface area contributed by atoms with Crippen molar-refractivity contribution in [3.05, 3.63) is 52.7 Å². The maximum atomic E-state index is 4.81. The number of thiophene rings is 1. The molecule has 1 N–H and O–H groups in total. The van der Waals surface area contributed by atoms with Gasteiger partial charge in [0.2, 0.25) is 0 Å². The number of aryl methyl sites for hydroxylation is 3. The molecule has 0 atom stereocenters. The highest BCUT2D eigenvalue weighted by molar-refractivity contribution is 7.18. The lowest BCUT2D eigenvalue weighted by Crippen LogP contribution is -2.38. The fourth-order valence-corrected chi connectivity index (χ4v) is 6.43. The fourth-order valence-electron chi connectivity index (χ4n) is 5.11. The highest BCUT2D eigenvalue weighted by atomic mass is 32.1. The lowest BCUT2D eigenvalue weighted by atomic mass is 9.90. The van der Waals surface area contributed by atoms with E-state index in [4.69, 9.17) is 4.98 Å². The molecular formula is C24H31N4S+. The second-order valence-corrected chi connectivity index (χ2v) is 9.88. The normalized spacial score (nSPS) is 21.6. The Labute approximate surface area is 177 Å². The summed E-state index contributed by atoms with van der Waals surface area (Å²) in [6.07, 6.45) is 10.7. The Morgan fingerprint density at radius 1 is 1.14 bits per heavy atom. The predicted molar refractivity (Wildman–Crippen MR) is 120 cm³/mol. The topological polar surface area (TPSA) is 32.0 Å². The van der Waals surface area contributed by atoms with Gasteiger partial charge in [-0.3, -0.25) is 4.90 Å². The van der Waals surface area contributed by atoms with E-state index < -0.39 is 0 Å². The Morgan fingerprint density at radius 3 is 2.72 bits per heavy atom. The summed E-state index contributed by atoms with van der Waals surface area (Å²) < 4.78 is 2.19. The van der Waals surface area contributed by atoms with Crippen LogP contribution in [0.3, 0.4) is 0 Å². The van der Waals surface area contributed by atoms with Crippen LogP contribution in [-0.4, -0.2) is 29.0 Å². The monoisotopic (exact) mass is 407 g/mol. The summed E-state index contributed by atoms with van der Waals surface area (Å²) in [5, 5.41) is 5.24. The van der Waals surface area contributed by atoms with Crippen LogP contribution in [-0.2, 0) is 26.4 Å². The molecule has 1 fully saturated rings. The summed E-state index contributed by atoms with van der Waals surface area (Å²) in [5.74, 6) is 1.12. The van der Waals surface area contributed by atoms with Crippen LogP contribution in [0.4, 0.5) is 5.82 Å². The summed E-state index contributed by atoms with van der Waals surface area (Å²) in [4.78, 5) is 10.3. The number of rotatable bonds is 5. The Morgan fingerprint density at radius 2 is 1.93 bits per heavy atom. The van der Waals surface area contributed by atoms with Crippen LogP contribution in [0.25, 0.3) is 10.2 Å². The summed E-state index contributed by atoms with van der Waals surface area (Å²) in [6.45, 7) is 1.04. The van der Waals surface area contributed by atoms with Crippen molar-refractivity contribution >= 4 is 27.4 Å². The van der Waals surface area contributed by atoms with Gasteiger partial charge in [0, 0.05) is 23.5 Å². The molecule has 2 aliphatic carbocycles.